The Morgan fingerprint density at radius 2 is 1.78 bits per heavy atom. The number of carbonyl (C=O) groups excluding carboxylic acids is 3. The summed E-state index contributed by atoms with van der Waals surface area (Å²) >= 11 is 1.03. The summed E-state index contributed by atoms with van der Waals surface area (Å²) in [5.74, 6) is -2.79. The number of ketones is 1. The van der Waals surface area contributed by atoms with Gasteiger partial charge in [-0.15, -0.1) is 0 Å². The molecule has 2 aromatic carbocycles. The van der Waals surface area contributed by atoms with Crippen LogP contribution >= 0.6 is 11.8 Å². The molecular weight excluding hydrogens is 526 g/mol. The van der Waals surface area contributed by atoms with E-state index in [0.717, 1.165) is 23.6 Å². The second-order valence-corrected chi connectivity index (χ2v) is 11.6. The maximum Gasteiger partial charge on any atom is 0.356 e. The van der Waals surface area contributed by atoms with Gasteiger partial charge in [0.1, 0.15) is 29.4 Å². The fourth-order valence-electron chi connectivity index (χ4n) is 4.04. The molecule has 3 unspecified atom stereocenters. The van der Waals surface area contributed by atoms with Gasteiger partial charge in [-0.25, -0.2) is 13.2 Å². The predicted molar refractivity (Wildman–Crippen MR) is 133 cm³/mol. The number of nitro groups is 1. The number of amides is 1. The molecule has 0 spiro atoms. The zero-order valence-corrected chi connectivity index (χ0v) is 21.2. The lowest BCUT2D eigenvalue weighted by Crippen LogP contribution is -2.76. The predicted octanol–water partition coefficient (Wildman–Crippen LogP) is 1.73. The highest BCUT2D eigenvalue weighted by Crippen LogP contribution is 2.45. The minimum absolute atomic E-state index is 0.0132. The van der Waals surface area contributed by atoms with Crippen LogP contribution in [0, 0.1) is 10.1 Å². The Balaban J connectivity index is 1.54. The number of rotatable bonds is 10. The summed E-state index contributed by atoms with van der Waals surface area (Å²) < 4.78 is 36.8. The third kappa shape index (κ3) is 4.69. The number of hydrogen-bond donors (Lipinski definition) is 0. The maximum atomic E-state index is 13.3. The number of fused-ring (bicyclic) bond motifs is 1. The zero-order valence-electron chi connectivity index (χ0n) is 19.6. The molecule has 14 heteroatoms. The number of sulfone groups is 1. The molecule has 194 valence electrons. The Hall–Kier alpha value is -3.78. The minimum atomic E-state index is -4.56. The number of carbonyl (C=O) groups is 3. The number of Topliss-reactive ketones (excluding diaryl/α,β-unsaturated/α-hetero) is 1. The van der Waals surface area contributed by atoms with Gasteiger partial charge in [0.25, 0.3) is 11.6 Å². The van der Waals surface area contributed by atoms with Crippen molar-refractivity contribution in [2.45, 2.75) is 29.8 Å². The summed E-state index contributed by atoms with van der Waals surface area (Å²) in [6.07, 6.45) is 0.683. The van der Waals surface area contributed by atoms with Crippen molar-refractivity contribution >= 4 is 50.0 Å². The zero-order chi connectivity index (χ0) is 27.0. The third-order valence-corrected chi connectivity index (χ3v) is 8.74. The highest BCUT2D eigenvalue weighted by Gasteiger charge is 2.70. The number of aliphatic imine (C=N–C) groups is 1. The van der Waals surface area contributed by atoms with Crippen molar-refractivity contribution in [2.75, 3.05) is 12.9 Å². The van der Waals surface area contributed by atoms with E-state index in [1.165, 1.54) is 24.3 Å². The Labute approximate surface area is 215 Å². The van der Waals surface area contributed by atoms with Crippen molar-refractivity contribution in [3.05, 3.63) is 70.3 Å². The van der Waals surface area contributed by atoms with Crippen molar-refractivity contribution < 1.29 is 37.2 Å². The summed E-state index contributed by atoms with van der Waals surface area (Å²) in [4.78, 5) is 51.4. The van der Waals surface area contributed by atoms with E-state index in [1.54, 1.807) is 24.3 Å². The first kappa shape index (κ1) is 26.3. The number of nitrogens with zero attached hydrogens (tertiary/aromatic N) is 3. The highest BCUT2D eigenvalue weighted by atomic mass is 32.2. The molecule has 0 bridgehead atoms. The van der Waals surface area contributed by atoms with Crippen molar-refractivity contribution in [3.63, 3.8) is 0 Å². The van der Waals surface area contributed by atoms with Crippen molar-refractivity contribution in [1.29, 1.82) is 0 Å². The van der Waals surface area contributed by atoms with Crippen LogP contribution in [0.5, 0.6) is 5.75 Å². The van der Waals surface area contributed by atoms with Crippen LogP contribution in [0.25, 0.3) is 0 Å². The van der Waals surface area contributed by atoms with Gasteiger partial charge in [0.15, 0.2) is 21.7 Å². The number of hydrogen-bond acceptors (Lipinski definition) is 11. The molecule has 0 radical (unpaired) electrons. The van der Waals surface area contributed by atoms with Gasteiger partial charge in [-0.05, 0) is 36.8 Å². The van der Waals surface area contributed by atoms with E-state index < -0.39 is 55.3 Å². The number of benzene rings is 2. The topological polar surface area (TPSA) is 163 Å². The molecule has 2 aliphatic rings. The average Bonchev–Trinajstić information content (AvgIpc) is 3.23. The van der Waals surface area contributed by atoms with Gasteiger partial charge in [0.2, 0.25) is 0 Å². The number of likely N-dealkylation sites (tertiary alicyclic amines) is 1. The van der Waals surface area contributed by atoms with Crippen molar-refractivity contribution in [3.8, 4) is 5.75 Å². The maximum absolute atomic E-state index is 13.3. The van der Waals surface area contributed by atoms with Crippen LogP contribution in [0.1, 0.15) is 12.5 Å². The molecule has 3 atom stereocenters. The van der Waals surface area contributed by atoms with Gasteiger partial charge >= 0.3 is 10.8 Å². The summed E-state index contributed by atoms with van der Waals surface area (Å²) in [5.41, 5.74) is 0.128. The Morgan fingerprint density at radius 1 is 1.14 bits per heavy atom. The fraction of sp³-hybridized carbons (Fsp3) is 0.304. The van der Waals surface area contributed by atoms with Crippen molar-refractivity contribution in [2.24, 2.45) is 4.99 Å². The highest BCUT2D eigenvalue weighted by molar-refractivity contribution is 8.15. The van der Waals surface area contributed by atoms with E-state index in [1.807, 2.05) is 6.07 Å². The van der Waals surface area contributed by atoms with Crippen LogP contribution in [0.15, 0.2) is 59.6 Å². The quantitative estimate of drug-likeness (QED) is 0.141. The summed E-state index contributed by atoms with van der Waals surface area (Å²) in [6, 6.07) is 12.9. The standard InChI is InChI=1S/C23H21N3O9S2/c1-14(27)23(37(2,32)33,22(29)35-12-15-8-10-16(11-9-15)26(30)31)25-20(28)19-21(25)36-18(24-19)13-34-17-6-4-3-5-7-17/h3-11,19,21H,12-13H2,1-2H3. The van der Waals surface area contributed by atoms with Gasteiger partial charge in [-0.1, -0.05) is 30.0 Å². The molecule has 2 aliphatic heterocycles. The smallest absolute Gasteiger partial charge is 0.356 e. The lowest BCUT2D eigenvalue weighted by atomic mass is 10.0. The number of ether oxygens (including phenoxy) is 2. The number of β-lactam (4-membered cyclic amide) rings is 1. The molecular formula is C23H21N3O9S2. The Kier molecular flexibility index (Phi) is 7.06. The van der Waals surface area contributed by atoms with Crippen molar-refractivity contribution in [1.82, 2.24) is 4.90 Å². The fourth-order valence-corrected chi connectivity index (χ4v) is 6.81. The largest absolute Gasteiger partial charge is 0.487 e. The summed E-state index contributed by atoms with van der Waals surface area (Å²) in [7, 11) is -4.56. The van der Waals surface area contributed by atoms with E-state index in [9.17, 15) is 32.9 Å². The molecule has 1 saturated heterocycles. The second-order valence-electron chi connectivity index (χ2n) is 8.26. The molecule has 0 aliphatic carbocycles. The van der Waals surface area contributed by atoms with Crippen LogP contribution in [-0.4, -0.2) is 70.1 Å². The van der Waals surface area contributed by atoms with E-state index in [0.29, 0.717) is 22.6 Å². The number of nitro benzene ring substituents is 1. The number of non-ortho nitro benzene ring substituents is 1. The Morgan fingerprint density at radius 3 is 2.35 bits per heavy atom. The van der Waals surface area contributed by atoms with Crippen LogP contribution < -0.4 is 4.74 Å². The Bertz CT molecular complexity index is 1390. The molecule has 4 rings (SSSR count). The van der Waals surface area contributed by atoms with E-state index in [4.69, 9.17) is 9.47 Å². The van der Waals surface area contributed by atoms with E-state index in [2.05, 4.69) is 4.99 Å². The summed E-state index contributed by atoms with van der Waals surface area (Å²) in [6.45, 7) is 0.436. The van der Waals surface area contributed by atoms with Crippen LogP contribution in [0.4, 0.5) is 5.69 Å². The first-order chi connectivity index (χ1) is 17.5. The van der Waals surface area contributed by atoms with E-state index in [-0.39, 0.29) is 12.3 Å². The molecule has 0 saturated carbocycles. The normalized spacial score (nSPS) is 20.2. The van der Waals surface area contributed by atoms with Crippen LogP contribution in [-0.2, 0) is 35.6 Å². The van der Waals surface area contributed by atoms with Gasteiger partial charge in [0.05, 0.1) is 4.92 Å². The lowest BCUT2D eigenvalue weighted by molar-refractivity contribution is -0.384. The monoisotopic (exact) mass is 547 g/mol. The molecule has 2 aromatic rings. The molecule has 2 heterocycles. The molecule has 1 amide bonds. The van der Waals surface area contributed by atoms with Gasteiger partial charge in [0, 0.05) is 18.4 Å². The lowest BCUT2D eigenvalue weighted by Gasteiger charge is -2.49. The molecule has 12 nitrogen and oxygen atoms in total. The van der Waals surface area contributed by atoms with Gasteiger partial charge in [-0.2, -0.15) is 0 Å². The number of thioether (sulfide) groups is 1. The van der Waals surface area contributed by atoms with Crippen LogP contribution in [0.2, 0.25) is 0 Å². The molecule has 1 fully saturated rings. The first-order valence-corrected chi connectivity index (χ1v) is 13.6. The van der Waals surface area contributed by atoms with Gasteiger partial charge in [-0.3, -0.25) is 29.6 Å². The molecule has 37 heavy (non-hydrogen) atoms. The van der Waals surface area contributed by atoms with E-state index >= 15 is 0 Å². The molecule has 0 N–H and O–H groups in total. The first-order valence-electron chi connectivity index (χ1n) is 10.8. The number of para-hydroxylation sites is 1. The minimum Gasteiger partial charge on any atom is -0.487 e. The number of esters is 1. The van der Waals surface area contributed by atoms with Gasteiger partial charge < -0.3 is 9.47 Å². The third-order valence-electron chi connectivity index (χ3n) is 5.81. The average molecular weight is 548 g/mol. The second kappa shape index (κ2) is 9.94. The summed E-state index contributed by atoms with van der Waals surface area (Å²) in [5, 5.41) is 10.3. The SMILES string of the molecule is CC(=O)C(C(=O)OCc1ccc([N+](=O)[O-])cc1)(N1C(=O)C2N=C(COc3ccccc3)SC21)S(C)(=O)=O. The van der Waals surface area contributed by atoms with Crippen LogP contribution in [0.3, 0.4) is 0 Å². The molecule has 0 aromatic heterocycles.